The van der Waals surface area contributed by atoms with E-state index in [0.29, 0.717) is 18.9 Å². The maximum Gasteiger partial charge on any atom is 0.293 e. The van der Waals surface area contributed by atoms with Crippen LogP contribution in [0.5, 0.6) is 0 Å². The largest absolute Gasteiger partial charge is 0.468 e. The van der Waals surface area contributed by atoms with Crippen LogP contribution in [0.2, 0.25) is 5.28 Å². The molecule has 0 aliphatic heterocycles. The number of nitrogens with two attached hydrogens (primary N) is 1. The minimum Gasteiger partial charge on any atom is -0.468 e. The number of halogens is 1. The van der Waals surface area contributed by atoms with Gasteiger partial charge in [-0.15, -0.1) is 0 Å². The number of carbonyl (C=O) groups excluding carboxylic acids is 1. The summed E-state index contributed by atoms with van der Waals surface area (Å²) in [7, 11) is 0. The highest BCUT2D eigenvalue weighted by molar-refractivity contribution is 6.28. The molecule has 0 aliphatic carbocycles. The highest BCUT2D eigenvalue weighted by Crippen LogP contribution is 1.99. The first-order valence-electron chi connectivity index (χ1n) is 3.50. The van der Waals surface area contributed by atoms with Crippen LogP contribution in [0.3, 0.4) is 0 Å². The Morgan fingerprint density at radius 1 is 1.77 bits per heavy atom. The topological polar surface area (TPSA) is 78.1 Å². The van der Waals surface area contributed by atoms with Gasteiger partial charge in [0.25, 0.3) is 6.47 Å². The summed E-state index contributed by atoms with van der Waals surface area (Å²) < 4.78 is 4.15. The predicted molar refractivity (Wildman–Crippen MR) is 49.1 cm³/mol. The van der Waals surface area contributed by atoms with Gasteiger partial charge in [0.2, 0.25) is 5.28 Å². The van der Waals surface area contributed by atoms with Gasteiger partial charge in [-0.2, -0.15) is 0 Å². The van der Waals surface area contributed by atoms with Crippen molar-refractivity contribution in [1.29, 1.82) is 0 Å². The van der Waals surface area contributed by atoms with Crippen molar-refractivity contribution >= 4 is 23.9 Å². The normalized spacial score (nSPS) is 8.15. The summed E-state index contributed by atoms with van der Waals surface area (Å²) in [6.07, 6.45) is 1.50. The van der Waals surface area contributed by atoms with Gasteiger partial charge in [-0.3, -0.25) is 4.79 Å². The molecule has 6 heteroatoms. The van der Waals surface area contributed by atoms with Crippen LogP contribution >= 0.6 is 11.6 Å². The molecule has 0 aliphatic rings. The molecule has 0 bridgehead atoms. The van der Waals surface area contributed by atoms with Crippen molar-refractivity contribution in [3.63, 3.8) is 0 Å². The second kappa shape index (κ2) is 7.30. The monoisotopic (exact) mass is 203 g/mol. The van der Waals surface area contributed by atoms with Gasteiger partial charge >= 0.3 is 0 Å². The fourth-order valence-corrected chi connectivity index (χ4v) is 0.570. The van der Waals surface area contributed by atoms with E-state index < -0.39 is 0 Å². The molecule has 0 atom stereocenters. The molecule has 0 spiro atoms. The van der Waals surface area contributed by atoms with Gasteiger partial charge < -0.3 is 10.5 Å². The molecule has 0 radical (unpaired) electrons. The molecule has 1 aromatic rings. The summed E-state index contributed by atoms with van der Waals surface area (Å²) in [6, 6.07) is 1.58. The lowest BCUT2D eigenvalue weighted by Gasteiger charge is -1.87. The number of nitrogens with zero attached hydrogens (tertiary/aromatic N) is 2. The lowest BCUT2D eigenvalue weighted by atomic mass is 10.6. The highest BCUT2D eigenvalue weighted by Gasteiger charge is 1.86. The molecule has 0 amide bonds. The zero-order valence-corrected chi connectivity index (χ0v) is 7.86. The Morgan fingerprint density at radius 3 is 2.69 bits per heavy atom. The summed E-state index contributed by atoms with van der Waals surface area (Å²) in [5, 5.41) is 0.185. The van der Waals surface area contributed by atoms with Crippen LogP contribution in [0.1, 0.15) is 6.92 Å². The Labute approximate surface area is 80.9 Å². The number of hydrogen-bond acceptors (Lipinski definition) is 5. The summed E-state index contributed by atoms with van der Waals surface area (Å²) in [5.41, 5.74) is 5.22. The third kappa shape index (κ3) is 7.02. The van der Waals surface area contributed by atoms with Crippen LogP contribution in [0.15, 0.2) is 12.3 Å². The second-order valence-electron chi connectivity index (χ2n) is 1.80. The van der Waals surface area contributed by atoms with Crippen molar-refractivity contribution in [2.75, 3.05) is 12.3 Å². The molecular formula is C7H10ClN3O2. The molecule has 0 saturated heterocycles. The summed E-state index contributed by atoms with van der Waals surface area (Å²) in [5.74, 6) is 0.394. The number of ether oxygens (including phenoxy) is 1. The molecule has 72 valence electrons. The Kier molecular flexibility index (Phi) is 6.53. The average molecular weight is 204 g/mol. The Bertz CT molecular complexity index is 240. The van der Waals surface area contributed by atoms with Gasteiger partial charge in [-0.05, 0) is 24.6 Å². The predicted octanol–water partition coefficient (Wildman–Crippen LogP) is 0.892. The maximum atomic E-state index is 9.18. The lowest BCUT2D eigenvalue weighted by Crippen LogP contribution is -1.89. The van der Waals surface area contributed by atoms with Gasteiger partial charge in [0.1, 0.15) is 5.82 Å². The van der Waals surface area contributed by atoms with E-state index in [0.717, 1.165) is 0 Å². The summed E-state index contributed by atoms with van der Waals surface area (Å²) in [4.78, 5) is 16.4. The first kappa shape index (κ1) is 11.6. The van der Waals surface area contributed by atoms with Crippen LogP contribution in [0, 0.1) is 0 Å². The number of hydrogen-bond donors (Lipinski definition) is 1. The van der Waals surface area contributed by atoms with E-state index in [-0.39, 0.29) is 5.28 Å². The van der Waals surface area contributed by atoms with Gasteiger partial charge in [-0.1, -0.05) is 0 Å². The fraction of sp³-hybridized carbons (Fsp3) is 0.286. The van der Waals surface area contributed by atoms with E-state index in [1.807, 2.05) is 0 Å². The van der Waals surface area contributed by atoms with Gasteiger partial charge in [0.15, 0.2) is 0 Å². The molecule has 0 fully saturated rings. The van der Waals surface area contributed by atoms with Crippen LogP contribution in [-0.2, 0) is 9.53 Å². The van der Waals surface area contributed by atoms with Gasteiger partial charge in [0, 0.05) is 6.20 Å². The third-order valence-corrected chi connectivity index (χ3v) is 1.06. The molecule has 5 nitrogen and oxygen atoms in total. The summed E-state index contributed by atoms with van der Waals surface area (Å²) >= 11 is 5.34. The lowest BCUT2D eigenvalue weighted by molar-refractivity contribution is -0.128. The molecule has 0 unspecified atom stereocenters. The Morgan fingerprint density at radius 2 is 2.46 bits per heavy atom. The number of rotatable bonds is 2. The Balaban J connectivity index is 0.000000252. The van der Waals surface area contributed by atoms with Gasteiger partial charge in [-0.25, -0.2) is 9.97 Å². The average Bonchev–Trinajstić information content (AvgIpc) is 2.06. The number of carbonyl (C=O) groups is 1. The van der Waals surface area contributed by atoms with Crippen molar-refractivity contribution in [2.24, 2.45) is 0 Å². The van der Waals surface area contributed by atoms with Crippen LogP contribution < -0.4 is 5.73 Å². The molecule has 1 rings (SSSR count). The standard InChI is InChI=1S/C4H4ClN3.C3H6O2/c5-4-7-2-1-3(6)8-4;1-2-5-3-4/h1-2H,(H2,6,7,8);3H,2H2,1H3. The SMILES string of the molecule is CCOC=O.Nc1ccnc(Cl)n1. The fourth-order valence-electron chi connectivity index (χ4n) is 0.416. The molecule has 2 N–H and O–H groups in total. The minimum atomic E-state index is 0.185. The van der Waals surface area contributed by atoms with Gasteiger partial charge in [0.05, 0.1) is 6.61 Å². The molecule has 1 heterocycles. The van der Waals surface area contributed by atoms with Crippen LogP contribution in [0.4, 0.5) is 5.82 Å². The van der Waals surface area contributed by atoms with E-state index in [1.54, 1.807) is 13.0 Å². The van der Waals surface area contributed by atoms with Crippen molar-refractivity contribution in [1.82, 2.24) is 9.97 Å². The highest BCUT2D eigenvalue weighted by atomic mass is 35.5. The number of aromatic nitrogens is 2. The molecule has 0 aromatic carbocycles. The van der Waals surface area contributed by atoms with E-state index in [1.165, 1.54) is 6.20 Å². The van der Waals surface area contributed by atoms with Crippen LogP contribution in [-0.4, -0.2) is 23.0 Å². The third-order valence-electron chi connectivity index (χ3n) is 0.882. The van der Waals surface area contributed by atoms with Crippen molar-refractivity contribution < 1.29 is 9.53 Å². The Hall–Kier alpha value is -1.36. The smallest absolute Gasteiger partial charge is 0.293 e. The van der Waals surface area contributed by atoms with Crippen molar-refractivity contribution in [2.45, 2.75) is 6.92 Å². The quantitative estimate of drug-likeness (QED) is 0.571. The van der Waals surface area contributed by atoms with E-state index in [2.05, 4.69) is 14.7 Å². The zero-order valence-electron chi connectivity index (χ0n) is 7.11. The molecular weight excluding hydrogens is 194 g/mol. The summed E-state index contributed by atoms with van der Waals surface area (Å²) in [6.45, 7) is 2.66. The first-order valence-corrected chi connectivity index (χ1v) is 3.87. The van der Waals surface area contributed by atoms with Crippen LogP contribution in [0.25, 0.3) is 0 Å². The molecule has 1 aromatic heterocycles. The van der Waals surface area contributed by atoms with E-state index in [4.69, 9.17) is 17.3 Å². The zero-order chi connectivity index (χ0) is 10.1. The van der Waals surface area contributed by atoms with Crippen molar-refractivity contribution in [3.05, 3.63) is 17.5 Å². The number of nitrogen functional groups attached to an aromatic ring is 1. The second-order valence-corrected chi connectivity index (χ2v) is 2.14. The minimum absolute atomic E-state index is 0.185. The number of anilines is 1. The van der Waals surface area contributed by atoms with E-state index >= 15 is 0 Å². The molecule has 0 saturated carbocycles. The van der Waals surface area contributed by atoms with E-state index in [9.17, 15) is 4.79 Å². The molecule has 13 heavy (non-hydrogen) atoms. The van der Waals surface area contributed by atoms with Crippen molar-refractivity contribution in [3.8, 4) is 0 Å². The maximum absolute atomic E-state index is 9.18. The first-order chi connectivity index (χ1) is 6.20.